The maximum absolute atomic E-state index is 14.7. The molecule has 2 aromatic rings. The number of hydrogen-bond donors (Lipinski definition) is 1. The summed E-state index contributed by atoms with van der Waals surface area (Å²) in [6, 6.07) is 1.72. The second-order valence-corrected chi connectivity index (χ2v) is 9.52. The van der Waals surface area contributed by atoms with Gasteiger partial charge in [-0.1, -0.05) is 0 Å². The number of aryl methyl sites for hydroxylation is 1. The third-order valence-electron chi connectivity index (χ3n) is 5.83. The number of ether oxygens (including phenoxy) is 1. The number of hydrogen-bond acceptors (Lipinski definition) is 5. The maximum atomic E-state index is 14.7. The lowest BCUT2D eigenvalue weighted by Crippen LogP contribution is -2.50. The van der Waals surface area contributed by atoms with E-state index in [0.717, 1.165) is 25.7 Å². The van der Waals surface area contributed by atoms with Gasteiger partial charge in [0.25, 0.3) is 5.91 Å². The molecule has 1 aliphatic carbocycles. The van der Waals surface area contributed by atoms with Gasteiger partial charge in [-0.15, -0.1) is 0 Å². The first-order chi connectivity index (χ1) is 14.5. The van der Waals surface area contributed by atoms with E-state index in [1.54, 1.807) is 17.9 Å². The summed E-state index contributed by atoms with van der Waals surface area (Å²) >= 11 is 0. The van der Waals surface area contributed by atoms with Crippen molar-refractivity contribution in [3.8, 4) is 0 Å². The van der Waals surface area contributed by atoms with Gasteiger partial charge in [0.15, 0.2) is 0 Å². The van der Waals surface area contributed by atoms with E-state index < -0.39 is 17.3 Å². The first-order valence-electron chi connectivity index (χ1n) is 10.8. The SMILES string of the molecule is Cn1cc2c(N3CCC(N(C(=O)OC(C)(C)C)C4CC4)CC3)cc(F)c(C(N)=O)c2n1. The number of aromatic nitrogens is 2. The van der Waals surface area contributed by atoms with Crippen LogP contribution in [0, 0.1) is 5.82 Å². The average Bonchev–Trinajstić information content (AvgIpc) is 3.40. The molecule has 2 aliphatic rings. The molecule has 2 heterocycles. The Balaban J connectivity index is 1.55. The van der Waals surface area contributed by atoms with Crippen molar-refractivity contribution in [2.45, 2.75) is 64.1 Å². The highest BCUT2D eigenvalue weighted by Crippen LogP contribution is 2.36. The number of primary amides is 1. The van der Waals surface area contributed by atoms with Crippen LogP contribution in [-0.2, 0) is 11.8 Å². The molecular weight excluding hydrogens is 401 g/mol. The Morgan fingerprint density at radius 3 is 2.35 bits per heavy atom. The Bertz CT molecular complexity index is 1020. The van der Waals surface area contributed by atoms with Gasteiger partial charge in [0.2, 0.25) is 0 Å². The molecule has 2 fully saturated rings. The number of benzene rings is 1. The minimum Gasteiger partial charge on any atom is -0.444 e. The molecule has 1 saturated carbocycles. The summed E-state index contributed by atoms with van der Waals surface area (Å²) in [5, 5.41) is 4.96. The van der Waals surface area contributed by atoms with Crippen LogP contribution in [0.5, 0.6) is 0 Å². The number of anilines is 1. The van der Waals surface area contributed by atoms with Gasteiger partial charge in [0.1, 0.15) is 22.5 Å². The number of piperidine rings is 1. The summed E-state index contributed by atoms with van der Waals surface area (Å²) < 4.78 is 21.9. The van der Waals surface area contributed by atoms with Crippen LogP contribution in [0.2, 0.25) is 0 Å². The highest BCUT2D eigenvalue weighted by Gasteiger charge is 2.41. The van der Waals surface area contributed by atoms with E-state index in [0.29, 0.717) is 24.2 Å². The summed E-state index contributed by atoms with van der Waals surface area (Å²) in [4.78, 5) is 28.6. The number of rotatable bonds is 4. The minimum absolute atomic E-state index is 0.0951. The van der Waals surface area contributed by atoms with Crippen LogP contribution in [0.4, 0.5) is 14.9 Å². The first kappa shape index (κ1) is 21.4. The fraction of sp³-hybridized carbons (Fsp3) is 0.591. The lowest BCUT2D eigenvalue weighted by molar-refractivity contribution is 0.0114. The summed E-state index contributed by atoms with van der Waals surface area (Å²) in [6.07, 6.45) is 5.07. The number of halogens is 1. The summed E-state index contributed by atoms with van der Waals surface area (Å²) in [5.41, 5.74) is 5.64. The van der Waals surface area contributed by atoms with Crippen LogP contribution in [0.1, 0.15) is 56.8 Å². The fourth-order valence-electron chi connectivity index (χ4n) is 4.39. The lowest BCUT2D eigenvalue weighted by Gasteiger charge is -2.40. The largest absolute Gasteiger partial charge is 0.444 e. The van der Waals surface area contributed by atoms with Gasteiger partial charge >= 0.3 is 6.09 Å². The van der Waals surface area contributed by atoms with Crippen molar-refractivity contribution in [1.82, 2.24) is 14.7 Å². The van der Waals surface area contributed by atoms with E-state index in [4.69, 9.17) is 10.5 Å². The maximum Gasteiger partial charge on any atom is 0.410 e. The molecule has 2 N–H and O–H groups in total. The molecule has 0 atom stereocenters. The van der Waals surface area contributed by atoms with Gasteiger partial charge in [-0.3, -0.25) is 9.48 Å². The first-order valence-corrected chi connectivity index (χ1v) is 10.8. The molecule has 31 heavy (non-hydrogen) atoms. The average molecular weight is 432 g/mol. The number of amides is 2. The molecule has 4 rings (SSSR count). The summed E-state index contributed by atoms with van der Waals surface area (Å²) in [6.45, 7) is 6.96. The van der Waals surface area contributed by atoms with E-state index in [1.807, 2.05) is 25.7 Å². The minimum atomic E-state index is -0.830. The van der Waals surface area contributed by atoms with Gasteiger partial charge < -0.3 is 20.3 Å². The second-order valence-electron chi connectivity index (χ2n) is 9.52. The van der Waals surface area contributed by atoms with E-state index >= 15 is 0 Å². The topological polar surface area (TPSA) is 93.7 Å². The smallest absolute Gasteiger partial charge is 0.410 e. The molecule has 1 aliphatic heterocycles. The Labute approximate surface area is 181 Å². The monoisotopic (exact) mass is 431 g/mol. The normalized spacial score (nSPS) is 17.8. The Hall–Kier alpha value is -2.84. The van der Waals surface area contributed by atoms with Gasteiger partial charge in [0.05, 0.1) is 5.69 Å². The fourth-order valence-corrected chi connectivity index (χ4v) is 4.39. The zero-order valence-corrected chi connectivity index (χ0v) is 18.5. The molecule has 0 radical (unpaired) electrons. The van der Waals surface area contributed by atoms with Crippen molar-refractivity contribution in [2.24, 2.45) is 12.8 Å². The number of carbonyl (C=O) groups is 2. The van der Waals surface area contributed by atoms with Gasteiger partial charge in [0, 0.05) is 43.8 Å². The highest BCUT2D eigenvalue weighted by atomic mass is 19.1. The molecule has 168 valence electrons. The van der Waals surface area contributed by atoms with Crippen molar-refractivity contribution < 1.29 is 18.7 Å². The van der Waals surface area contributed by atoms with E-state index in [2.05, 4.69) is 10.00 Å². The van der Waals surface area contributed by atoms with Crippen molar-refractivity contribution >= 4 is 28.6 Å². The molecule has 1 aromatic heterocycles. The Morgan fingerprint density at radius 1 is 1.19 bits per heavy atom. The van der Waals surface area contributed by atoms with Crippen LogP contribution in [0.25, 0.3) is 10.9 Å². The van der Waals surface area contributed by atoms with Gasteiger partial charge in [-0.25, -0.2) is 9.18 Å². The zero-order chi connectivity index (χ0) is 22.5. The predicted octanol–water partition coefficient (Wildman–Crippen LogP) is 3.18. The third-order valence-corrected chi connectivity index (χ3v) is 5.83. The molecule has 0 unspecified atom stereocenters. The molecular formula is C22H30FN5O3. The molecule has 8 nitrogen and oxygen atoms in total. The Morgan fingerprint density at radius 2 is 1.81 bits per heavy atom. The number of nitrogens with two attached hydrogens (primary N) is 1. The summed E-state index contributed by atoms with van der Waals surface area (Å²) in [5.74, 6) is -1.49. The standard InChI is InChI=1S/C22H30FN5O3/c1-22(2,3)31-21(30)28(13-5-6-13)14-7-9-27(10-8-14)17-11-16(23)18(20(24)29)19-15(17)12-26(4)25-19/h11-14H,5-10H2,1-4H3,(H2,24,29). The van der Waals surface area contributed by atoms with Crippen molar-refractivity contribution in [1.29, 1.82) is 0 Å². The summed E-state index contributed by atoms with van der Waals surface area (Å²) in [7, 11) is 1.73. The Kier molecular flexibility index (Phi) is 5.31. The molecule has 0 spiro atoms. The molecule has 1 saturated heterocycles. The van der Waals surface area contributed by atoms with Crippen molar-refractivity contribution in [3.05, 3.63) is 23.6 Å². The molecule has 2 amide bonds. The van der Waals surface area contributed by atoms with Gasteiger partial charge in [-0.2, -0.15) is 5.10 Å². The van der Waals surface area contributed by atoms with E-state index in [9.17, 15) is 14.0 Å². The van der Waals surface area contributed by atoms with Crippen LogP contribution in [0.3, 0.4) is 0 Å². The zero-order valence-electron chi connectivity index (χ0n) is 18.5. The van der Waals surface area contributed by atoms with E-state index in [1.165, 1.54) is 6.07 Å². The second kappa shape index (κ2) is 7.69. The van der Waals surface area contributed by atoms with Crippen molar-refractivity contribution in [2.75, 3.05) is 18.0 Å². The van der Waals surface area contributed by atoms with Crippen LogP contribution in [0.15, 0.2) is 12.3 Å². The molecule has 9 heteroatoms. The van der Waals surface area contributed by atoms with Crippen molar-refractivity contribution in [3.63, 3.8) is 0 Å². The van der Waals surface area contributed by atoms with Crippen LogP contribution in [-0.4, -0.2) is 57.5 Å². The lowest BCUT2D eigenvalue weighted by atomic mass is 10.0. The molecule has 0 bridgehead atoms. The highest BCUT2D eigenvalue weighted by molar-refractivity contribution is 6.08. The predicted molar refractivity (Wildman–Crippen MR) is 116 cm³/mol. The number of nitrogens with zero attached hydrogens (tertiary/aromatic N) is 4. The van der Waals surface area contributed by atoms with Gasteiger partial charge in [-0.05, 0) is 52.5 Å². The third kappa shape index (κ3) is 4.31. The number of fused-ring (bicyclic) bond motifs is 1. The number of carbonyl (C=O) groups excluding carboxylic acids is 2. The van der Waals surface area contributed by atoms with Crippen LogP contribution < -0.4 is 10.6 Å². The quantitative estimate of drug-likeness (QED) is 0.803. The van der Waals surface area contributed by atoms with E-state index in [-0.39, 0.29) is 29.3 Å². The van der Waals surface area contributed by atoms with Crippen LogP contribution >= 0.6 is 0 Å². The molecule has 1 aromatic carbocycles.